The maximum Gasteiger partial charge on any atom is 0.244 e. The number of unbranched alkanes of at least 4 members (excludes halogenated alkanes) is 1. The Balaban J connectivity index is 1.55. The van der Waals surface area contributed by atoms with E-state index in [0.717, 1.165) is 51.8 Å². The molecule has 0 saturated carbocycles. The number of amides is 1. The molecule has 5 nitrogen and oxygen atoms in total. The van der Waals surface area contributed by atoms with Crippen molar-refractivity contribution in [3.63, 3.8) is 0 Å². The van der Waals surface area contributed by atoms with Crippen molar-refractivity contribution in [2.75, 3.05) is 18.6 Å². The molecule has 2 heterocycles. The first-order valence-electron chi connectivity index (χ1n) is 14.9. The number of aromatic nitrogens is 1. The van der Waals surface area contributed by atoms with Gasteiger partial charge in [-0.15, -0.1) is 0 Å². The smallest absolute Gasteiger partial charge is 0.244 e. The van der Waals surface area contributed by atoms with Crippen molar-refractivity contribution in [3.8, 4) is 5.75 Å². The van der Waals surface area contributed by atoms with Crippen molar-refractivity contribution in [1.29, 1.82) is 0 Å². The summed E-state index contributed by atoms with van der Waals surface area (Å²) in [5.74, 6) is -0.225. The maximum atomic E-state index is 15.2. The standard InChI is InChI=1S/C37H33ClN2O3/c1-3-4-20-40-32-19-16-25(38)21-29(32)37(36(40)42)30(34(41)24-14-17-26(43-2)18-15-24)22-28(23-10-6-5-7-11-23)33-27-12-8-9-13-31(27)39-35(33)37/h5-19,21,28,30,39H,3-4,20,22H2,1-2H3. The van der Waals surface area contributed by atoms with Crippen LogP contribution in [0, 0.1) is 5.92 Å². The van der Waals surface area contributed by atoms with Gasteiger partial charge in [-0.25, -0.2) is 0 Å². The predicted octanol–water partition coefficient (Wildman–Crippen LogP) is 8.30. The number of rotatable bonds is 7. The highest BCUT2D eigenvalue weighted by molar-refractivity contribution is 6.31. The van der Waals surface area contributed by atoms with E-state index in [0.29, 0.717) is 29.3 Å². The molecule has 1 amide bonds. The number of hydrogen-bond acceptors (Lipinski definition) is 3. The summed E-state index contributed by atoms with van der Waals surface area (Å²) in [6, 6.07) is 31.5. The summed E-state index contributed by atoms with van der Waals surface area (Å²) in [5, 5.41) is 1.62. The first kappa shape index (κ1) is 27.5. The number of benzene rings is 4. The lowest BCUT2D eigenvalue weighted by molar-refractivity contribution is -0.123. The molecular weight excluding hydrogens is 556 g/mol. The molecule has 4 aromatic carbocycles. The normalized spacial score (nSPS) is 20.8. The lowest BCUT2D eigenvalue weighted by Gasteiger charge is -2.43. The predicted molar refractivity (Wildman–Crippen MR) is 172 cm³/mol. The maximum absolute atomic E-state index is 15.2. The SMILES string of the molecule is CCCCN1C(=O)C2(c3cc(Cl)ccc31)c1[nH]c3ccccc3c1C(c1ccccc1)CC2C(=O)c1ccc(OC)cc1. The van der Waals surface area contributed by atoms with Gasteiger partial charge >= 0.3 is 0 Å². The van der Waals surface area contributed by atoms with E-state index >= 15 is 4.79 Å². The van der Waals surface area contributed by atoms with Crippen molar-refractivity contribution < 1.29 is 14.3 Å². The molecule has 0 fully saturated rings. The number of nitrogens with one attached hydrogen (secondary N) is 1. The number of halogens is 1. The summed E-state index contributed by atoms with van der Waals surface area (Å²) in [7, 11) is 1.61. The third-order valence-electron chi connectivity index (χ3n) is 9.37. The largest absolute Gasteiger partial charge is 0.497 e. The molecule has 3 unspecified atom stereocenters. The van der Waals surface area contributed by atoms with Gasteiger partial charge in [-0.1, -0.05) is 73.5 Å². The van der Waals surface area contributed by atoms with Crippen molar-refractivity contribution >= 4 is 39.9 Å². The Labute approximate surface area is 256 Å². The van der Waals surface area contributed by atoms with Crippen LogP contribution in [0.25, 0.3) is 10.9 Å². The highest BCUT2D eigenvalue weighted by atomic mass is 35.5. The van der Waals surface area contributed by atoms with E-state index in [2.05, 4.69) is 36.2 Å². The monoisotopic (exact) mass is 588 g/mol. The second-order valence-corrected chi connectivity index (χ2v) is 12.0. The third-order valence-corrected chi connectivity index (χ3v) is 9.60. The topological polar surface area (TPSA) is 62.4 Å². The van der Waals surface area contributed by atoms with E-state index in [9.17, 15) is 4.79 Å². The molecule has 2 aliphatic rings. The summed E-state index contributed by atoms with van der Waals surface area (Å²) in [6.07, 6.45) is 2.28. The molecule has 0 bridgehead atoms. The quantitative estimate of drug-likeness (QED) is 0.195. The number of anilines is 1. The number of carbonyl (C=O) groups is 2. The van der Waals surface area contributed by atoms with Gasteiger partial charge in [0.05, 0.1) is 7.11 Å². The van der Waals surface area contributed by atoms with Crippen molar-refractivity contribution in [1.82, 2.24) is 4.98 Å². The van der Waals surface area contributed by atoms with Gasteiger partial charge in [0, 0.05) is 51.3 Å². The molecule has 1 spiro atoms. The van der Waals surface area contributed by atoms with Crippen molar-refractivity contribution in [2.45, 2.75) is 37.5 Å². The van der Waals surface area contributed by atoms with Gasteiger partial charge in [0.2, 0.25) is 5.91 Å². The van der Waals surface area contributed by atoms with Crippen LogP contribution in [-0.2, 0) is 10.2 Å². The lowest BCUT2D eigenvalue weighted by Crippen LogP contribution is -2.52. The summed E-state index contributed by atoms with van der Waals surface area (Å²) in [6.45, 7) is 2.70. The molecule has 3 atom stereocenters. The average Bonchev–Trinajstić information content (AvgIpc) is 3.54. The van der Waals surface area contributed by atoms with Gasteiger partial charge in [0.25, 0.3) is 0 Å². The van der Waals surface area contributed by atoms with Crippen LogP contribution in [-0.4, -0.2) is 30.3 Å². The first-order chi connectivity index (χ1) is 21.0. The first-order valence-corrected chi connectivity index (χ1v) is 15.3. The van der Waals surface area contributed by atoms with Crippen molar-refractivity contribution in [3.05, 3.63) is 130 Å². The molecule has 1 aliphatic heterocycles. The minimum atomic E-state index is -1.26. The Bertz CT molecular complexity index is 1850. The van der Waals surface area contributed by atoms with Gasteiger partial charge in [-0.05, 0) is 78.1 Å². The number of H-pyrrole nitrogens is 1. The Morgan fingerprint density at radius 2 is 1.74 bits per heavy atom. The molecule has 5 aromatic rings. The van der Waals surface area contributed by atoms with E-state index < -0.39 is 11.3 Å². The molecular formula is C37H33ClN2O3. The molecule has 43 heavy (non-hydrogen) atoms. The zero-order valence-electron chi connectivity index (χ0n) is 24.3. The molecule has 1 N–H and O–H groups in total. The zero-order chi connectivity index (χ0) is 29.7. The highest BCUT2D eigenvalue weighted by Crippen LogP contribution is 2.60. The number of Topliss-reactive ketones (excluding diaryl/α,β-unsaturated/α-hetero) is 1. The number of ketones is 1. The number of nitrogens with zero attached hydrogens (tertiary/aromatic N) is 1. The van der Waals surface area contributed by atoms with Crippen LogP contribution in [0.5, 0.6) is 5.75 Å². The van der Waals surface area contributed by atoms with Crippen LogP contribution in [0.1, 0.15) is 64.8 Å². The van der Waals surface area contributed by atoms with E-state index in [1.165, 1.54) is 0 Å². The molecule has 0 radical (unpaired) electrons. The number of hydrogen-bond donors (Lipinski definition) is 1. The fourth-order valence-corrected chi connectivity index (χ4v) is 7.58. The number of carbonyl (C=O) groups excluding carboxylic acids is 2. The van der Waals surface area contributed by atoms with E-state index in [-0.39, 0.29) is 17.6 Å². The van der Waals surface area contributed by atoms with Crippen molar-refractivity contribution in [2.24, 2.45) is 5.92 Å². The summed E-state index contributed by atoms with van der Waals surface area (Å²) >= 11 is 6.69. The van der Waals surface area contributed by atoms with Crippen LogP contribution >= 0.6 is 11.6 Å². The Kier molecular flexibility index (Phi) is 6.86. The Morgan fingerprint density at radius 1 is 1.00 bits per heavy atom. The van der Waals surface area contributed by atoms with Crippen LogP contribution < -0.4 is 9.64 Å². The summed E-state index contributed by atoms with van der Waals surface area (Å²) < 4.78 is 5.38. The fraction of sp³-hybridized carbons (Fsp3) is 0.243. The van der Waals surface area contributed by atoms with Gasteiger partial charge in [-0.3, -0.25) is 9.59 Å². The fourth-order valence-electron chi connectivity index (χ4n) is 7.40. The third kappa shape index (κ3) is 4.13. The van der Waals surface area contributed by atoms with Crippen LogP contribution in [0.3, 0.4) is 0 Å². The second-order valence-electron chi connectivity index (χ2n) is 11.6. The zero-order valence-corrected chi connectivity index (χ0v) is 25.0. The highest BCUT2D eigenvalue weighted by Gasteiger charge is 2.63. The number of fused-ring (bicyclic) bond motifs is 6. The van der Waals surface area contributed by atoms with E-state index in [1.54, 1.807) is 31.4 Å². The van der Waals surface area contributed by atoms with Gasteiger partial charge < -0.3 is 14.6 Å². The number of para-hydroxylation sites is 1. The molecule has 7 rings (SSSR count). The second kappa shape index (κ2) is 10.7. The average molecular weight is 589 g/mol. The number of methoxy groups -OCH3 is 1. The van der Waals surface area contributed by atoms with Crippen LogP contribution in [0.2, 0.25) is 5.02 Å². The lowest BCUT2D eigenvalue weighted by atomic mass is 9.57. The number of ether oxygens (including phenoxy) is 1. The Morgan fingerprint density at radius 3 is 2.49 bits per heavy atom. The van der Waals surface area contributed by atoms with E-state index in [4.69, 9.17) is 16.3 Å². The molecule has 6 heteroatoms. The molecule has 1 aliphatic carbocycles. The van der Waals surface area contributed by atoms with Crippen LogP contribution in [0.15, 0.2) is 97.1 Å². The van der Waals surface area contributed by atoms with Gasteiger partial charge in [0.1, 0.15) is 11.2 Å². The molecule has 216 valence electrons. The molecule has 0 saturated heterocycles. The van der Waals surface area contributed by atoms with E-state index in [1.807, 2.05) is 53.4 Å². The van der Waals surface area contributed by atoms with Gasteiger partial charge in [-0.2, -0.15) is 0 Å². The van der Waals surface area contributed by atoms with Gasteiger partial charge in [0.15, 0.2) is 5.78 Å². The minimum absolute atomic E-state index is 0.0653. The summed E-state index contributed by atoms with van der Waals surface area (Å²) in [5.41, 5.74) is 4.88. The Hall–Kier alpha value is -4.35. The summed E-state index contributed by atoms with van der Waals surface area (Å²) in [4.78, 5) is 35.6. The van der Waals surface area contributed by atoms with Crippen LogP contribution in [0.4, 0.5) is 5.69 Å². The number of aromatic amines is 1. The molecule has 1 aromatic heterocycles. The minimum Gasteiger partial charge on any atom is -0.497 e.